The molecule has 0 bridgehead atoms. The lowest BCUT2D eigenvalue weighted by molar-refractivity contribution is -0.380. The van der Waals surface area contributed by atoms with E-state index in [0.29, 0.717) is 19.8 Å². The summed E-state index contributed by atoms with van der Waals surface area (Å²) in [5, 5.41) is 9.39. The number of hydrogen-bond acceptors (Lipinski definition) is 5. The molecule has 0 atom stereocenters. The SMILES string of the molecule is CCCCCCC(=C(OC)C(=O)O)c1ccccc1CC.CCOC(CCCCCCC[Si])(OCC)OCC. The third-order valence-corrected chi connectivity index (χ3v) is 6.78. The van der Waals surface area contributed by atoms with Crippen LogP contribution in [0.5, 0.6) is 0 Å². The standard InChI is InChI=1S/C18H26O3.C14H29O3Si/c1-4-6-7-8-13-16(17(21-3)18(19)20)15-12-10-9-11-14(15)5-2;1-4-15-14(16-5-2,17-6-3)12-10-8-7-9-11-13-18/h9-12H,4-8,13H2,1-3H3,(H,19,20);4-13H2,1-3H3. The molecule has 0 aliphatic carbocycles. The van der Waals surface area contributed by atoms with Crippen molar-refractivity contribution in [3.8, 4) is 0 Å². The molecule has 0 aliphatic heterocycles. The van der Waals surface area contributed by atoms with Gasteiger partial charge in [-0.3, -0.25) is 0 Å². The molecule has 0 fully saturated rings. The highest BCUT2D eigenvalue weighted by molar-refractivity contribution is 6.08. The predicted octanol–water partition coefficient (Wildman–Crippen LogP) is 8.34. The number of allylic oxidation sites excluding steroid dienone is 1. The number of hydrogen-bond donors (Lipinski definition) is 1. The van der Waals surface area contributed by atoms with Crippen molar-refractivity contribution in [3.05, 3.63) is 41.2 Å². The number of carbonyl (C=O) groups is 1. The molecule has 223 valence electrons. The van der Waals surface area contributed by atoms with E-state index in [2.05, 4.69) is 30.2 Å². The van der Waals surface area contributed by atoms with Crippen molar-refractivity contribution in [2.45, 2.75) is 124 Å². The zero-order valence-corrected chi connectivity index (χ0v) is 26.6. The maximum Gasteiger partial charge on any atom is 0.371 e. The summed E-state index contributed by atoms with van der Waals surface area (Å²) < 4.78 is 22.2. The van der Waals surface area contributed by atoms with E-state index in [1.807, 2.05) is 39.0 Å². The van der Waals surface area contributed by atoms with Crippen LogP contribution in [0.4, 0.5) is 0 Å². The molecule has 0 heterocycles. The second kappa shape index (κ2) is 24.2. The van der Waals surface area contributed by atoms with Gasteiger partial charge in [0.15, 0.2) is 0 Å². The number of unbranched alkanes of at least 4 members (excludes halogenated alkanes) is 7. The van der Waals surface area contributed by atoms with Crippen molar-refractivity contribution in [2.75, 3.05) is 26.9 Å². The van der Waals surface area contributed by atoms with Crippen LogP contribution in [-0.2, 0) is 30.2 Å². The van der Waals surface area contributed by atoms with Gasteiger partial charge in [-0.2, -0.15) is 0 Å². The van der Waals surface area contributed by atoms with Crippen LogP contribution in [0.1, 0.15) is 116 Å². The van der Waals surface area contributed by atoms with E-state index < -0.39 is 11.9 Å². The maximum atomic E-state index is 11.5. The Labute approximate surface area is 242 Å². The molecule has 3 radical (unpaired) electrons. The first-order valence-electron chi connectivity index (χ1n) is 15.0. The van der Waals surface area contributed by atoms with Gasteiger partial charge in [-0.05, 0) is 57.6 Å². The Morgan fingerprint density at radius 2 is 1.38 bits per heavy atom. The summed E-state index contributed by atoms with van der Waals surface area (Å²) in [7, 11) is 4.93. The van der Waals surface area contributed by atoms with E-state index >= 15 is 0 Å². The van der Waals surface area contributed by atoms with Gasteiger partial charge in [-0.1, -0.05) is 89.1 Å². The Balaban J connectivity index is 0.000000751. The fourth-order valence-electron chi connectivity index (χ4n) is 4.56. The van der Waals surface area contributed by atoms with E-state index in [0.717, 1.165) is 55.7 Å². The van der Waals surface area contributed by atoms with Crippen LogP contribution in [-0.4, -0.2) is 54.2 Å². The molecular weight excluding hydrogens is 508 g/mol. The third kappa shape index (κ3) is 15.6. The lowest BCUT2D eigenvalue weighted by Gasteiger charge is -2.32. The van der Waals surface area contributed by atoms with Crippen molar-refractivity contribution >= 4 is 21.8 Å². The second-order valence-electron chi connectivity index (χ2n) is 9.39. The lowest BCUT2D eigenvalue weighted by atomic mass is 9.93. The van der Waals surface area contributed by atoms with Gasteiger partial charge in [-0.25, -0.2) is 4.79 Å². The minimum absolute atomic E-state index is 0.0763. The van der Waals surface area contributed by atoms with Crippen LogP contribution < -0.4 is 0 Å². The van der Waals surface area contributed by atoms with Gasteiger partial charge in [0.25, 0.3) is 5.97 Å². The van der Waals surface area contributed by atoms with Crippen LogP contribution in [0.3, 0.4) is 0 Å². The number of ether oxygens (including phenoxy) is 4. The summed E-state index contributed by atoms with van der Waals surface area (Å²) in [4.78, 5) is 11.5. The number of benzene rings is 1. The number of rotatable bonds is 22. The highest BCUT2D eigenvalue weighted by atomic mass is 28.1. The minimum Gasteiger partial charge on any atom is -0.490 e. The summed E-state index contributed by atoms with van der Waals surface area (Å²) in [6.45, 7) is 12.0. The summed E-state index contributed by atoms with van der Waals surface area (Å²) in [6.07, 6.45) is 13.0. The number of aryl methyl sites for hydroxylation is 1. The van der Waals surface area contributed by atoms with E-state index in [9.17, 15) is 9.90 Å². The van der Waals surface area contributed by atoms with Crippen LogP contribution in [0.2, 0.25) is 6.04 Å². The molecule has 7 heteroatoms. The summed E-state index contributed by atoms with van der Waals surface area (Å²) in [5.74, 6) is -1.73. The second-order valence-corrected chi connectivity index (χ2v) is 9.89. The molecule has 0 aliphatic rings. The molecule has 0 aromatic heterocycles. The van der Waals surface area contributed by atoms with Crippen LogP contribution in [0.15, 0.2) is 30.0 Å². The zero-order chi connectivity index (χ0) is 29.4. The van der Waals surface area contributed by atoms with Gasteiger partial charge in [-0.15, -0.1) is 0 Å². The van der Waals surface area contributed by atoms with Gasteiger partial charge in [0.05, 0.1) is 7.11 Å². The summed E-state index contributed by atoms with van der Waals surface area (Å²) in [5.41, 5.74) is 2.99. The fraction of sp³-hybridized carbons (Fsp3) is 0.719. The normalized spacial score (nSPS) is 12.0. The van der Waals surface area contributed by atoms with Crippen molar-refractivity contribution < 1.29 is 28.8 Å². The number of methoxy groups -OCH3 is 1. The van der Waals surface area contributed by atoms with Gasteiger partial charge < -0.3 is 24.1 Å². The van der Waals surface area contributed by atoms with Crippen molar-refractivity contribution in [3.63, 3.8) is 0 Å². The molecule has 1 aromatic carbocycles. The van der Waals surface area contributed by atoms with E-state index in [1.54, 1.807) is 0 Å². The van der Waals surface area contributed by atoms with Gasteiger partial charge in [0.2, 0.25) is 5.76 Å². The fourth-order valence-corrected chi connectivity index (χ4v) is 4.81. The zero-order valence-electron chi connectivity index (χ0n) is 25.6. The minimum atomic E-state index is -0.992. The van der Waals surface area contributed by atoms with Crippen LogP contribution in [0.25, 0.3) is 5.57 Å². The summed E-state index contributed by atoms with van der Waals surface area (Å²) in [6, 6.07) is 9.09. The predicted molar refractivity (Wildman–Crippen MR) is 162 cm³/mol. The Morgan fingerprint density at radius 3 is 1.90 bits per heavy atom. The maximum absolute atomic E-state index is 11.5. The highest BCUT2D eigenvalue weighted by Gasteiger charge is 2.31. The van der Waals surface area contributed by atoms with Crippen molar-refractivity contribution in [1.82, 2.24) is 0 Å². The van der Waals surface area contributed by atoms with E-state index in [4.69, 9.17) is 18.9 Å². The molecule has 0 amide bonds. The van der Waals surface area contributed by atoms with Crippen LogP contribution in [0, 0.1) is 0 Å². The average Bonchev–Trinajstić information content (AvgIpc) is 2.93. The molecule has 6 nitrogen and oxygen atoms in total. The van der Waals surface area contributed by atoms with Gasteiger partial charge >= 0.3 is 5.97 Å². The average molecular weight is 564 g/mol. The molecule has 39 heavy (non-hydrogen) atoms. The van der Waals surface area contributed by atoms with Crippen molar-refractivity contribution in [1.29, 1.82) is 0 Å². The van der Waals surface area contributed by atoms with Gasteiger partial charge in [0, 0.05) is 42.1 Å². The molecular formula is C32H55O6Si. The number of carboxylic acids is 1. The molecule has 0 saturated carbocycles. The highest BCUT2D eigenvalue weighted by Crippen LogP contribution is 2.29. The first-order valence-corrected chi connectivity index (χ1v) is 15.8. The smallest absolute Gasteiger partial charge is 0.371 e. The van der Waals surface area contributed by atoms with Crippen molar-refractivity contribution in [2.24, 2.45) is 0 Å². The Hall–Kier alpha value is -1.67. The monoisotopic (exact) mass is 563 g/mol. The molecule has 0 saturated heterocycles. The Bertz CT molecular complexity index is 763. The first kappa shape index (κ1) is 37.3. The van der Waals surface area contributed by atoms with E-state index in [1.165, 1.54) is 51.2 Å². The number of aliphatic carboxylic acids is 1. The Kier molecular flexibility index (Phi) is 23.1. The van der Waals surface area contributed by atoms with Crippen LogP contribution >= 0.6 is 0 Å². The molecule has 1 aromatic rings. The molecule has 1 rings (SSSR count). The number of carboxylic acid groups (broad SMARTS) is 1. The first-order chi connectivity index (χ1) is 18.9. The largest absolute Gasteiger partial charge is 0.490 e. The molecule has 0 spiro atoms. The third-order valence-electron chi connectivity index (χ3n) is 6.43. The quantitative estimate of drug-likeness (QED) is 0.0502. The molecule has 1 N–H and O–H groups in total. The Morgan fingerprint density at radius 1 is 0.821 bits per heavy atom. The van der Waals surface area contributed by atoms with E-state index in [-0.39, 0.29) is 5.76 Å². The lowest BCUT2D eigenvalue weighted by Crippen LogP contribution is -2.39. The van der Waals surface area contributed by atoms with Gasteiger partial charge in [0.1, 0.15) is 0 Å². The topological polar surface area (TPSA) is 74.2 Å². The summed E-state index contributed by atoms with van der Waals surface area (Å²) >= 11 is 0. The molecule has 0 unspecified atom stereocenters.